The Morgan fingerprint density at radius 1 is 1.18 bits per heavy atom. The summed E-state index contributed by atoms with van der Waals surface area (Å²) in [5.74, 6) is 0. The van der Waals surface area contributed by atoms with E-state index in [1.807, 2.05) is 12.3 Å². The number of nitrogens with zero attached hydrogens (tertiary/aromatic N) is 4. The fraction of sp³-hybridized carbons (Fsp3) is 0.250. The number of carbonyl (C=O) groups is 1. The molecule has 0 aliphatic heterocycles. The van der Waals surface area contributed by atoms with Gasteiger partial charge in [0.05, 0.1) is 11.4 Å². The molecule has 0 unspecified atom stereocenters. The van der Waals surface area contributed by atoms with Gasteiger partial charge in [-0.3, -0.25) is 4.79 Å². The molecular formula is C16H16N4OS. The van der Waals surface area contributed by atoms with E-state index in [0.717, 1.165) is 29.2 Å². The molecule has 0 aliphatic rings. The Labute approximate surface area is 132 Å². The van der Waals surface area contributed by atoms with Gasteiger partial charge in [0.25, 0.3) is 0 Å². The van der Waals surface area contributed by atoms with Gasteiger partial charge in [0, 0.05) is 5.38 Å². The third-order valence-corrected chi connectivity index (χ3v) is 4.40. The first kappa shape index (κ1) is 14.6. The van der Waals surface area contributed by atoms with Crippen molar-refractivity contribution in [2.45, 2.75) is 26.7 Å². The van der Waals surface area contributed by atoms with Crippen molar-refractivity contribution in [3.05, 3.63) is 57.9 Å². The summed E-state index contributed by atoms with van der Waals surface area (Å²) in [5, 5.41) is 10.7. The number of aromatic nitrogens is 4. The second-order valence-corrected chi connectivity index (χ2v) is 6.04. The summed E-state index contributed by atoms with van der Waals surface area (Å²) >= 11 is 1.50. The monoisotopic (exact) mass is 312 g/mol. The van der Waals surface area contributed by atoms with Crippen molar-refractivity contribution >= 4 is 17.6 Å². The fourth-order valence-electron chi connectivity index (χ4n) is 2.25. The zero-order chi connectivity index (χ0) is 15.5. The molecule has 3 aromatic rings. The van der Waals surface area contributed by atoms with Gasteiger partial charge in [-0.15, -0.1) is 16.4 Å². The van der Waals surface area contributed by atoms with Gasteiger partial charge < -0.3 is 0 Å². The van der Waals surface area contributed by atoms with Crippen molar-refractivity contribution in [1.29, 1.82) is 0 Å². The summed E-state index contributed by atoms with van der Waals surface area (Å²) < 4.78 is 1.68. The fourth-order valence-corrected chi connectivity index (χ4v) is 3.02. The average Bonchev–Trinajstić information content (AvgIpc) is 3.12. The summed E-state index contributed by atoms with van der Waals surface area (Å²) in [6.45, 7) is 4.00. The van der Waals surface area contributed by atoms with Crippen LogP contribution >= 0.6 is 11.3 Å². The number of rotatable bonds is 5. The molecule has 2 heterocycles. The first-order valence-corrected chi connectivity index (χ1v) is 7.93. The molecule has 3 rings (SSSR count). The second kappa shape index (κ2) is 6.19. The SMILES string of the molecule is Cc1ccc(CCc2c(C=O)nnn2-c2nc(C)cs2)cc1. The Kier molecular flexibility index (Phi) is 4.11. The van der Waals surface area contributed by atoms with Gasteiger partial charge in [-0.1, -0.05) is 35.0 Å². The molecule has 2 aromatic heterocycles. The molecule has 5 nitrogen and oxygen atoms in total. The Balaban J connectivity index is 1.87. The van der Waals surface area contributed by atoms with E-state index in [0.29, 0.717) is 12.1 Å². The van der Waals surface area contributed by atoms with Crippen LogP contribution in [0.3, 0.4) is 0 Å². The molecule has 0 spiro atoms. The van der Waals surface area contributed by atoms with E-state index in [9.17, 15) is 4.79 Å². The van der Waals surface area contributed by atoms with Crippen molar-refractivity contribution in [2.75, 3.05) is 0 Å². The highest BCUT2D eigenvalue weighted by Gasteiger charge is 2.15. The normalized spacial score (nSPS) is 10.8. The molecule has 0 bridgehead atoms. The zero-order valence-electron chi connectivity index (χ0n) is 12.5. The van der Waals surface area contributed by atoms with E-state index in [4.69, 9.17) is 0 Å². The third-order valence-electron chi connectivity index (χ3n) is 3.46. The summed E-state index contributed by atoms with van der Waals surface area (Å²) in [6, 6.07) is 8.40. The van der Waals surface area contributed by atoms with Crippen LogP contribution < -0.4 is 0 Å². The van der Waals surface area contributed by atoms with Crippen LogP contribution in [0.15, 0.2) is 29.6 Å². The third kappa shape index (κ3) is 2.96. The lowest BCUT2D eigenvalue weighted by molar-refractivity contribution is 0.111. The predicted octanol–water partition coefficient (Wildman–Crippen LogP) is 2.94. The van der Waals surface area contributed by atoms with Crippen LogP contribution in [-0.4, -0.2) is 26.3 Å². The largest absolute Gasteiger partial charge is 0.296 e. The van der Waals surface area contributed by atoms with Crippen molar-refractivity contribution in [3.8, 4) is 5.13 Å². The number of thiazole rings is 1. The van der Waals surface area contributed by atoms with Crippen LogP contribution in [0, 0.1) is 13.8 Å². The minimum absolute atomic E-state index is 0.389. The van der Waals surface area contributed by atoms with Gasteiger partial charge >= 0.3 is 0 Å². The predicted molar refractivity (Wildman–Crippen MR) is 85.7 cm³/mol. The molecule has 6 heteroatoms. The molecule has 0 amide bonds. The standard InChI is InChI=1S/C16H16N4OS/c1-11-3-5-13(6-4-11)7-8-15-14(9-21)18-19-20(15)16-17-12(2)10-22-16/h3-6,9-10H,7-8H2,1-2H3. The number of benzene rings is 1. The topological polar surface area (TPSA) is 60.7 Å². The molecule has 112 valence electrons. The van der Waals surface area contributed by atoms with E-state index in [1.165, 1.54) is 22.5 Å². The first-order valence-electron chi connectivity index (χ1n) is 7.05. The Morgan fingerprint density at radius 2 is 1.95 bits per heavy atom. The summed E-state index contributed by atoms with van der Waals surface area (Å²) in [4.78, 5) is 15.6. The van der Waals surface area contributed by atoms with Crippen molar-refractivity contribution in [1.82, 2.24) is 20.0 Å². The van der Waals surface area contributed by atoms with Crippen LogP contribution in [0.5, 0.6) is 0 Å². The molecule has 0 fully saturated rings. The molecule has 0 atom stereocenters. The first-order chi connectivity index (χ1) is 10.7. The molecule has 0 aliphatic carbocycles. The van der Waals surface area contributed by atoms with Gasteiger partial charge in [-0.2, -0.15) is 4.68 Å². The Hall–Kier alpha value is -2.34. The Bertz CT molecular complexity index is 789. The maximum absolute atomic E-state index is 11.2. The minimum Gasteiger partial charge on any atom is -0.296 e. The van der Waals surface area contributed by atoms with Gasteiger partial charge in [0.1, 0.15) is 5.69 Å². The lowest BCUT2D eigenvalue weighted by Crippen LogP contribution is -2.05. The van der Waals surface area contributed by atoms with Crippen molar-refractivity contribution in [2.24, 2.45) is 0 Å². The minimum atomic E-state index is 0.389. The average molecular weight is 312 g/mol. The maximum Gasteiger partial charge on any atom is 0.212 e. The smallest absolute Gasteiger partial charge is 0.212 e. The van der Waals surface area contributed by atoms with Gasteiger partial charge in [0.2, 0.25) is 5.13 Å². The van der Waals surface area contributed by atoms with E-state index >= 15 is 0 Å². The van der Waals surface area contributed by atoms with Crippen LogP contribution in [0.25, 0.3) is 5.13 Å². The lowest BCUT2D eigenvalue weighted by Gasteiger charge is -2.04. The molecule has 0 saturated heterocycles. The van der Waals surface area contributed by atoms with E-state index in [1.54, 1.807) is 4.68 Å². The lowest BCUT2D eigenvalue weighted by atomic mass is 10.1. The highest BCUT2D eigenvalue weighted by atomic mass is 32.1. The number of carbonyl (C=O) groups excluding carboxylic acids is 1. The number of aldehydes is 1. The Morgan fingerprint density at radius 3 is 2.59 bits per heavy atom. The number of hydrogen-bond acceptors (Lipinski definition) is 5. The second-order valence-electron chi connectivity index (χ2n) is 5.21. The summed E-state index contributed by atoms with van der Waals surface area (Å²) in [5.41, 5.74) is 4.60. The molecule has 22 heavy (non-hydrogen) atoms. The van der Waals surface area contributed by atoms with Crippen LogP contribution in [0.2, 0.25) is 0 Å². The number of aryl methyl sites for hydroxylation is 3. The van der Waals surface area contributed by atoms with E-state index in [2.05, 4.69) is 46.5 Å². The van der Waals surface area contributed by atoms with Crippen molar-refractivity contribution in [3.63, 3.8) is 0 Å². The van der Waals surface area contributed by atoms with E-state index in [-0.39, 0.29) is 0 Å². The van der Waals surface area contributed by atoms with Crippen LogP contribution in [0.1, 0.15) is 33.0 Å². The summed E-state index contributed by atoms with van der Waals surface area (Å²) in [7, 11) is 0. The van der Waals surface area contributed by atoms with Gasteiger partial charge in [-0.25, -0.2) is 4.98 Å². The highest BCUT2D eigenvalue weighted by Crippen LogP contribution is 2.18. The molecule has 0 saturated carbocycles. The molecule has 1 aromatic carbocycles. The molecular weight excluding hydrogens is 296 g/mol. The summed E-state index contributed by atoms with van der Waals surface area (Å²) in [6.07, 6.45) is 2.29. The van der Waals surface area contributed by atoms with Crippen LogP contribution in [-0.2, 0) is 12.8 Å². The van der Waals surface area contributed by atoms with E-state index < -0.39 is 0 Å². The molecule has 0 N–H and O–H groups in total. The highest BCUT2D eigenvalue weighted by molar-refractivity contribution is 7.12. The maximum atomic E-state index is 11.2. The zero-order valence-corrected chi connectivity index (χ0v) is 13.3. The van der Waals surface area contributed by atoms with Gasteiger partial charge in [-0.05, 0) is 32.3 Å². The molecule has 0 radical (unpaired) electrons. The quantitative estimate of drug-likeness (QED) is 0.680. The van der Waals surface area contributed by atoms with Crippen LogP contribution in [0.4, 0.5) is 0 Å². The van der Waals surface area contributed by atoms with Gasteiger partial charge in [0.15, 0.2) is 6.29 Å². The van der Waals surface area contributed by atoms with Crippen molar-refractivity contribution < 1.29 is 4.79 Å². The number of hydrogen-bond donors (Lipinski definition) is 0.